The van der Waals surface area contributed by atoms with Crippen LogP contribution in [0.2, 0.25) is 10.0 Å². The molecule has 0 aliphatic carbocycles. The third-order valence-corrected chi connectivity index (χ3v) is 5.93. The molecule has 10 heteroatoms. The van der Waals surface area contributed by atoms with E-state index in [2.05, 4.69) is 10.0 Å². The molecule has 0 spiro atoms. The van der Waals surface area contributed by atoms with Crippen LogP contribution in [-0.4, -0.2) is 21.4 Å². The van der Waals surface area contributed by atoms with E-state index >= 15 is 0 Å². The third-order valence-electron chi connectivity index (χ3n) is 4.01. The fourth-order valence-corrected chi connectivity index (χ4v) is 3.90. The van der Waals surface area contributed by atoms with Gasteiger partial charge in [0.1, 0.15) is 11.6 Å². The van der Waals surface area contributed by atoms with Gasteiger partial charge in [-0.3, -0.25) is 9.52 Å². The average molecular weight is 469 g/mol. The molecule has 0 aliphatic heterocycles. The minimum Gasteiger partial charge on any atom is -0.495 e. The SMILES string of the molecule is COc1ccc(S(=O)(=O)Nc2ccc(F)c(Cl)c2)cc1NC(=O)c1ccc(Cl)cc1. The van der Waals surface area contributed by atoms with Crippen LogP contribution in [0.4, 0.5) is 15.8 Å². The van der Waals surface area contributed by atoms with E-state index in [-0.39, 0.29) is 27.0 Å². The number of anilines is 2. The van der Waals surface area contributed by atoms with Gasteiger partial charge in [-0.25, -0.2) is 12.8 Å². The fourth-order valence-electron chi connectivity index (χ4n) is 2.52. The molecule has 1 amide bonds. The summed E-state index contributed by atoms with van der Waals surface area (Å²) >= 11 is 11.5. The predicted molar refractivity (Wildman–Crippen MR) is 115 cm³/mol. The number of rotatable bonds is 6. The number of methoxy groups -OCH3 is 1. The van der Waals surface area contributed by atoms with Crippen molar-refractivity contribution in [3.63, 3.8) is 0 Å². The first-order chi connectivity index (χ1) is 14.2. The summed E-state index contributed by atoms with van der Waals surface area (Å²) < 4.78 is 46.3. The lowest BCUT2D eigenvalue weighted by Gasteiger charge is -2.14. The zero-order valence-corrected chi connectivity index (χ0v) is 17.8. The lowest BCUT2D eigenvalue weighted by Crippen LogP contribution is -2.16. The number of nitrogens with one attached hydrogen (secondary N) is 2. The molecule has 0 atom stereocenters. The van der Waals surface area contributed by atoms with Gasteiger partial charge in [-0.15, -0.1) is 0 Å². The Labute approximate surface area is 182 Å². The van der Waals surface area contributed by atoms with Gasteiger partial charge in [-0.1, -0.05) is 23.2 Å². The van der Waals surface area contributed by atoms with Gasteiger partial charge in [0.15, 0.2) is 0 Å². The summed E-state index contributed by atoms with van der Waals surface area (Å²) in [6.07, 6.45) is 0. The smallest absolute Gasteiger partial charge is 0.261 e. The molecule has 0 aromatic heterocycles. The quantitative estimate of drug-likeness (QED) is 0.520. The summed E-state index contributed by atoms with van der Waals surface area (Å²) in [4.78, 5) is 12.3. The molecule has 0 aliphatic rings. The highest BCUT2D eigenvalue weighted by atomic mass is 35.5. The minimum atomic E-state index is -4.05. The molecule has 30 heavy (non-hydrogen) atoms. The first-order valence-electron chi connectivity index (χ1n) is 8.42. The Morgan fingerprint density at radius 2 is 1.70 bits per heavy atom. The number of ether oxygens (including phenoxy) is 1. The molecule has 156 valence electrons. The number of amides is 1. The summed E-state index contributed by atoms with van der Waals surface area (Å²) in [7, 11) is -2.66. The second-order valence-corrected chi connectivity index (χ2v) is 8.58. The Morgan fingerprint density at radius 1 is 1.00 bits per heavy atom. The largest absolute Gasteiger partial charge is 0.495 e. The molecule has 0 saturated heterocycles. The monoisotopic (exact) mass is 468 g/mol. The molecule has 6 nitrogen and oxygen atoms in total. The van der Waals surface area contributed by atoms with Crippen molar-refractivity contribution in [1.29, 1.82) is 0 Å². The van der Waals surface area contributed by atoms with E-state index < -0.39 is 21.7 Å². The van der Waals surface area contributed by atoms with Crippen molar-refractivity contribution in [3.8, 4) is 5.75 Å². The zero-order valence-electron chi connectivity index (χ0n) is 15.4. The number of carbonyl (C=O) groups excluding carboxylic acids is 1. The van der Waals surface area contributed by atoms with Crippen molar-refractivity contribution in [2.45, 2.75) is 4.90 Å². The van der Waals surface area contributed by atoms with E-state index in [1.54, 1.807) is 12.1 Å². The normalized spacial score (nSPS) is 11.1. The van der Waals surface area contributed by atoms with Gasteiger partial charge < -0.3 is 10.1 Å². The molecular weight excluding hydrogens is 454 g/mol. The number of benzene rings is 3. The van der Waals surface area contributed by atoms with E-state index in [1.807, 2.05) is 0 Å². The Balaban J connectivity index is 1.89. The van der Waals surface area contributed by atoms with Crippen LogP contribution in [0.3, 0.4) is 0 Å². The van der Waals surface area contributed by atoms with Crippen molar-refractivity contribution in [1.82, 2.24) is 0 Å². The molecule has 3 rings (SSSR count). The van der Waals surface area contributed by atoms with E-state index in [4.69, 9.17) is 27.9 Å². The Bertz CT molecular complexity index is 1200. The minimum absolute atomic E-state index is 0.0870. The highest BCUT2D eigenvalue weighted by Crippen LogP contribution is 2.29. The van der Waals surface area contributed by atoms with Crippen molar-refractivity contribution in [2.75, 3.05) is 17.1 Å². The van der Waals surface area contributed by atoms with Crippen molar-refractivity contribution in [3.05, 3.63) is 82.1 Å². The van der Waals surface area contributed by atoms with Crippen molar-refractivity contribution in [2.24, 2.45) is 0 Å². The maximum absolute atomic E-state index is 13.3. The maximum Gasteiger partial charge on any atom is 0.261 e. The average Bonchev–Trinajstić information content (AvgIpc) is 2.71. The summed E-state index contributed by atoms with van der Waals surface area (Å²) in [6, 6.07) is 13.6. The van der Waals surface area contributed by atoms with Gasteiger partial charge in [0, 0.05) is 10.6 Å². The van der Waals surface area contributed by atoms with Gasteiger partial charge in [-0.2, -0.15) is 0 Å². The second-order valence-electron chi connectivity index (χ2n) is 6.06. The van der Waals surface area contributed by atoms with Gasteiger partial charge in [-0.05, 0) is 60.7 Å². The van der Waals surface area contributed by atoms with Crippen LogP contribution in [0.5, 0.6) is 5.75 Å². The summed E-state index contributed by atoms with van der Waals surface area (Å²) in [5, 5.41) is 2.87. The number of halogens is 3. The molecular formula is C20H15Cl2FN2O4S. The fraction of sp³-hybridized carbons (Fsp3) is 0.0500. The first-order valence-corrected chi connectivity index (χ1v) is 10.7. The van der Waals surface area contributed by atoms with Crippen LogP contribution in [0, 0.1) is 5.82 Å². The number of hydrogen-bond donors (Lipinski definition) is 2. The highest BCUT2D eigenvalue weighted by Gasteiger charge is 2.19. The predicted octanol–water partition coefficient (Wildman–Crippen LogP) is 5.19. The second kappa shape index (κ2) is 8.91. The molecule has 0 heterocycles. The number of carbonyl (C=O) groups is 1. The van der Waals surface area contributed by atoms with Gasteiger partial charge >= 0.3 is 0 Å². The molecule has 0 saturated carbocycles. The molecule has 0 bridgehead atoms. The maximum atomic E-state index is 13.3. The van der Waals surface area contributed by atoms with Crippen LogP contribution < -0.4 is 14.8 Å². The standard InChI is InChI=1S/C20H15Cl2FN2O4S/c1-29-19-9-7-15(30(27,28)25-14-6-8-17(23)16(22)10-14)11-18(19)24-20(26)12-2-4-13(21)5-3-12/h2-11,25H,1H3,(H,24,26). The Morgan fingerprint density at radius 3 is 2.33 bits per heavy atom. The topological polar surface area (TPSA) is 84.5 Å². The van der Waals surface area contributed by atoms with Crippen molar-refractivity contribution >= 4 is 50.5 Å². The first kappa shape index (κ1) is 21.9. The van der Waals surface area contributed by atoms with Crippen LogP contribution in [0.1, 0.15) is 10.4 Å². The van der Waals surface area contributed by atoms with Gasteiger partial charge in [0.05, 0.1) is 28.4 Å². The lowest BCUT2D eigenvalue weighted by molar-refractivity contribution is 0.102. The van der Waals surface area contributed by atoms with E-state index in [0.29, 0.717) is 10.6 Å². The van der Waals surface area contributed by atoms with E-state index in [1.165, 1.54) is 43.5 Å². The Kier molecular flexibility index (Phi) is 6.50. The van der Waals surface area contributed by atoms with E-state index in [0.717, 1.165) is 12.1 Å². The summed E-state index contributed by atoms with van der Waals surface area (Å²) in [5.41, 5.74) is 0.565. The molecule has 0 unspecified atom stereocenters. The third kappa shape index (κ3) is 5.02. The number of sulfonamides is 1. The summed E-state index contributed by atoms with van der Waals surface area (Å²) in [6.45, 7) is 0. The molecule has 2 N–H and O–H groups in total. The molecule has 0 radical (unpaired) electrons. The Hall–Kier alpha value is -2.81. The number of hydrogen-bond acceptors (Lipinski definition) is 4. The van der Waals surface area contributed by atoms with Gasteiger partial charge in [0.25, 0.3) is 15.9 Å². The lowest BCUT2D eigenvalue weighted by atomic mass is 10.2. The van der Waals surface area contributed by atoms with Gasteiger partial charge in [0.2, 0.25) is 0 Å². The van der Waals surface area contributed by atoms with Crippen LogP contribution in [-0.2, 0) is 10.0 Å². The van der Waals surface area contributed by atoms with Crippen molar-refractivity contribution < 1.29 is 22.3 Å². The van der Waals surface area contributed by atoms with Crippen LogP contribution in [0.25, 0.3) is 0 Å². The summed E-state index contributed by atoms with van der Waals surface area (Å²) in [5.74, 6) is -0.879. The molecule has 3 aromatic rings. The van der Waals surface area contributed by atoms with Crippen LogP contribution in [0.15, 0.2) is 65.6 Å². The van der Waals surface area contributed by atoms with E-state index in [9.17, 15) is 17.6 Å². The molecule has 0 fully saturated rings. The zero-order chi connectivity index (χ0) is 21.9. The molecule has 3 aromatic carbocycles. The highest BCUT2D eigenvalue weighted by molar-refractivity contribution is 7.92. The van der Waals surface area contributed by atoms with Crippen LogP contribution >= 0.6 is 23.2 Å².